The number of rotatable bonds is 9. The van der Waals surface area contributed by atoms with Gasteiger partial charge in [0.05, 0.1) is 0 Å². The van der Waals surface area contributed by atoms with Gasteiger partial charge in [-0.15, -0.1) is 11.8 Å². The topological polar surface area (TPSA) is 91.7 Å². The van der Waals surface area contributed by atoms with E-state index in [-0.39, 0.29) is 5.91 Å². The van der Waals surface area contributed by atoms with Crippen molar-refractivity contribution in [1.29, 1.82) is 0 Å². The van der Waals surface area contributed by atoms with E-state index in [2.05, 4.69) is 49.8 Å². The highest BCUT2D eigenvalue weighted by molar-refractivity contribution is 7.98. The van der Waals surface area contributed by atoms with Gasteiger partial charge in [-0.3, -0.25) is 4.79 Å². The molecule has 7 nitrogen and oxygen atoms in total. The highest BCUT2D eigenvalue weighted by Gasteiger charge is 2.19. The number of nitrogens with two attached hydrogens (primary N) is 1. The Morgan fingerprint density at radius 2 is 1.73 bits per heavy atom. The maximum Gasteiger partial charge on any atom is 0.222 e. The molecule has 0 aliphatic carbocycles. The Bertz CT molecular complexity index is 1450. The molecule has 3 aromatic rings. The molecule has 5 rings (SSSR count). The number of anilines is 1. The summed E-state index contributed by atoms with van der Waals surface area (Å²) >= 11 is 13.6. The molecule has 2 aromatic carbocycles. The van der Waals surface area contributed by atoms with Gasteiger partial charge in [-0.2, -0.15) is 0 Å². The fourth-order valence-corrected chi connectivity index (χ4v) is 7.16. The van der Waals surface area contributed by atoms with Crippen molar-refractivity contribution >= 4 is 65.3 Å². The summed E-state index contributed by atoms with van der Waals surface area (Å²) in [5, 5.41) is 0.618. The van der Waals surface area contributed by atoms with Gasteiger partial charge >= 0.3 is 0 Å². The molecule has 0 saturated carbocycles. The SMILES string of the molecule is C/C(=C\c1[nH]c(C)c(CCC(=O)N2CCCC2)c1C)c1cc(SCc2c(Cl)cccc2OCl)ccc1N.C=O.CN1CCCC1. The number of hydrogen-bond acceptors (Lipinski definition) is 6. The fourth-order valence-electron chi connectivity index (χ4n) is 5.73. The van der Waals surface area contributed by atoms with Crippen molar-refractivity contribution in [1.82, 2.24) is 14.8 Å². The van der Waals surface area contributed by atoms with Gasteiger partial charge in [-0.25, -0.2) is 0 Å². The Morgan fingerprint density at radius 3 is 2.36 bits per heavy atom. The lowest BCUT2D eigenvalue weighted by atomic mass is 10.0. The highest BCUT2D eigenvalue weighted by atomic mass is 35.5. The van der Waals surface area contributed by atoms with Crippen LogP contribution in [-0.4, -0.2) is 60.7 Å². The molecular weight excluding hydrogens is 627 g/mol. The second-order valence-electron chi connectivity index (χ2n) is 11.5. The summed E-state index contributed by atoms with van der Waals surface area (Å²) in [6.45, 7) is 12.7. The largest absolute Gasteiger partial charge is 0.398 e. The number of benzene rings is 2. The van der Waals surface area contributed by atoms with Crippen LogP contribution in [-0.2, 0) is 21.8 Å². The molecule has 0 bridgehead atoms. The summed E-state index contributed by atoms with van der Waals surface area (Å²) in [5.41, 5.74) is 14.6. The predicted molar refractivity (Wildman–Crippen MR) is 190 cm³/mol. The third kappa shape index (κ3) is 10.3. The number of aromatic amines is 1. The summed E-state index contributed by atoms with van der Waals surface area (Å²) in [6.07, 6.45) is 8.51. The van der Waals surface area contributed by atoms with Crippen LogP contribution in [0.5, 0.6) is 5.75 Å². The maximum absolute atomic E-state index is 12.5. The molecule has 2 fully saturated rings. The van der Waals surface area contributed by atoms with E-state index in [1.807, 2.05) is 36.0 Å². The fraction of sp³-hybridized carbons (Fsp3) is 0.429. The van der Waals surface area contributed by atoms with Gasteiger partial charge in [-0.1, -0.05) is 17.7 Å². The standard InChI is InChI=1S/C29H33Cl2N3O2S.C5H11N.CH2O/c1-18(15-27-19(2)22(20(3)33-27)10-12-29(35)34-13-4-5-14-34)23-16-21(9-11-26(23)32)37-17-24-25(30)7-6-8-28(24)36-31;1-6-4-2-3-5-6;1-2/h6-9,11,15-16,33H,4-5,10,12-14,17,32H2,1-3H3;2-5H2,1H3;1H2/b18-15+;;. The number of allylic oxidation sites excluding steroid dienone is 1. The van der Waals surface area contributed by atoms with Crippen LogP contribution >= 0.6 is 35.2 Å². The summed E-state index contributed by atoms with van der Waals surface area (Å²) in [4.78, 5) is 29.5. The van der Waals surface area contributed by atoms with E-state index in [1.54, 1.807) is 17.8 Å². The molecule has 45 heavy (non-hydrogen) atoms. The van der Waals surface area contributed by atoms with Crippen LogP contribution in [0.4, 0.5) is 5.69 Å². The molecule has 0 radical (unpaired) electrons. The number of nitrogen functional groups attached to an aromatic ring is 1. The lowest BCUT2D eigenvalue weighted by Crippen LogP contribution is -2.27. The van der Waals surface area contributed by atoms with Crippen molar-refractivity contribution in [3.05, 3.63) is 75.1 Å². The molecular formula is C35H46Cl2N4O3S. The van der Waals surface area contributed by atoms with E-state index in [1.165, 1.54) is 37.1 Å². The normalized spacial score (nSPS) is 14.9. The van der Waals surface area contributed by atoms with E-state index < -0.39 is 0 Å². The Morgan fingerprint density at radius 1 is 1.07 bits per heavy atom. The first kappa shape index (κ1) is 36.6. The van der Waals surface area contributed by atoms with Crippen LogP contribution < -0.4 is 10.0 Å². The minimum Gasteiger partial charge on any atom is -0.398 e. The zero-order chi connectivity index (χ0) is 32.9. The van der Waals surface area contributed by atoms with Crippen LogP contribution in [0.2, 0.25) is 5.02 Å². The summed E-state index contributed by atoms with van der Waals surface area (Å²) in [5.74, 6) is 1.43. The van der Waals surface area contributed by atoms with Gasteiger partial charge in [-0.05, 0) is 126 Å². The van der Waals surface area contributed by atoms with Gasteiger partial charge in [0, 0.05) is 63.4 Å². The summed E-state index contributed by atoms with van der Waals surface area (Å²) < 4.78 is 4.96. The number of aryl methyl sites for hydroxylation is 1. The minimum absolute atomic E-state index is 0.259. The number of amides is 1. The van der Waals surface area contributed by atoms with Gasteiger partial charge in [0.2, 0.25) is 5.91 Å². The molecule has 3 heterocycles. The lowest BCUT2D eigenvalue weighted by Gasteiger charge is -2.15. The zero-order valence-electron chi connectivity index (χ0n) is 26.9. The molecule has 0 unspecified atom stereocenters. The average Bonchev–Trinajstić information content (AvgIpc) is 3.81. The smallest absolute Gasteiger partial charge is 0.222 e. The van der Waals surface area contributed by atoms with Crippen LogP contribution in [0, 0.1) is 13.8 Å². The van der Waals surface area contributed by atoms with Gasteiger partial charge in [0.25, 0.3) is 0 Å². The molecule has 0 atom stereocenters. The number of carbonyl (C=O) groups is 2. The first-order valence-corrected chi connectivity index (χ1v) is 17.0. The Kier molecular flexibility index (Phi) is 14.9. The van der Waals surface area contributed by atoms with Gasteiger partial charge in [0.1, 0.15) is 18.7 Å². The number of halogens is 2. The number of H-pyrrole nitrogens is 1. The Balaban J connectivity index is 0.000000608. The highest BCUT2D eigenvalue weighted by Crippen LogP contribution is 2.36. The van der Waals surface area contributed by atoms with E-state index in [0.717, 1.165) is 71.0 Å². The van der Waals surface area contributed by atoms with Crippen LogP contribution in [0.1, 0.15) is 72.7 Å². The van der Waals surface area contributed by atoms with Crippen molar-refractivity contribution in [3.63, 3.8) is 0 Å². The molecule has 2 aliphatic rings. The van der Waals surface area contributed by atoms with Crippen molar-refractivity contribution in [2.24, 2.45) is 0 Å². The number of nitrogens with one attached hydrogen (secondary N) is 1. The van der Waals surface area contributed by atoms with Crippen molar-refractivity contribution in [2.75, 3.05) is 39.0 Å². The van der Waals surface area contributed by atoms with Crippen LogP contribution in [0.25, 0.3) is 11.6 Å². The third-order valence-electron chi connectivity index (χ3n) is 8.36. The quantitative estimate of drug-likeness (QED) is 0.175. The second-order valence-corrected chi connectivity index (χ2v) is 13.1. The lowest BCUT2D eigenvalue weighted by molar-refractivity contribution is -0.130. The van der Waals surface area contributed by atoms with Crippen molar-refractivity contribution in [2.45, 2.75) is 69.9 Å². The van der Waals surface area contributed by atoms with E-state index in [4.69, 9.17) is 38.3 Å². The molecule has 10 heteroatoms. The van der Waals surface area contributed by atoms with Crippen molar-refractivity contribution in [3.8, 4) is 5.75 Å². The summed E-state index contributed by atoms with van der Waals surface area (Å²) in [7, 11) is 2.17. The van der Waals surface area contributed by atoms with Crippen LogP contribution in [0.3, 0.4) is 0 Å². The number of carbonyl (C=O) groups excluding carboxylic acids is 2. The maximum atomic E-state index is 12.5. The van der Waals surface area contributed by atoms with Gasteiger partial charge in [0.15, 0.2) is 5.75 Å². The first-order chi connectivity index (χ1) is 21.7. The molecule has 0 spiro atoms. The summed E-state index contributed by atoms with van der Waals surface area (Å²) in [6, 6.07) is 11.5. The molecule has 244 valence electrons. The number of aromatic nitrogens is 1. The minimum atomic E-state index is 0.259. The first-order valence-electron chi connectivity index (χ1n) is 15.4. The van der Waals surface area contributed by atoms with Crippen molar-refractivity contribution < 1.29 is 13.9 Å². The predicted octanol–water partition coefficient (Wildman–Crippen LogP) is 8.33. The van der Waals surface area contributed by atoms with E-state index >= 15 is 0 Å². The van der Waals surface area contributed by atoms with E-state index in [0.29, 0.717) is 22.9 Å². The average molecular weight is 674 g/mol. The number of hydrogen-bond donors (Lipinski definition) is 2. The number of thioether (sulfide) groups is 1. The number of nitrogens with zero attached hydrogens (tertiary/aromatic N) is 2. The van der Waals surface area contributed by atoms with E-state index in [9.17, 15) is 4.79 Å². The molecule has 1 amide bonds. The third-order valence-corrected chi connectivity index (χ3v) is 9.90. The second kappa shape index (κ2) is 18.3. The van der Waals surface area contributed by atoms with Gasteiger partial charge < -0.3 is 29.6 Å². The van der Waals surface area contributed by atoms with Crippen LogP contribution in [0.15, 0.2) is 41.3 Å². The molecule has 1 aromatic heterocycles. The Labute approximate surface area is 282 Å². The molecule has 2 saturated heterocycles. The molecule has 3 N–H and O–H groups in total. The zero-order valence-corrected chi connectivity index (χ0v) is 29.2. The number of likely N-dealkylation sites (tertiary alicyclic amines) is 2. The monoisotopic (exact) mass is 672 g/mol. The Hall–Kier alpha value is -2.91. The molecule has 2 aliphatic heterocycles.